The van der Waals surface area contributed by atoms with Gasteiger partial charge in [0.25, 0.3) is 0 Å². The van der Waals surface area contributed by atoms with Gasteiger partial charge in [0.1, 0.15) is 11.5 Å². The highest BCUT2D eigenvalue weighted by molar-refractivity contribution is 5.91. The van der Waals surface area contributed by atoms with E-state index in [4.69, 9.17) is 4.74 Å². The van der Waals surface area contributed by atoms with E-state index in [1.807, 2.05) is 68.4 Å². The maximum atomic E-state index is 13.3. The van der Waals surface area contributed by atoms with Crippen molar-refractivity contribution in [2.45, 2.75) is 64.8 Å². The number of ketones is 1. The first-order chi connectivity index (χ1) is 18.0. The monoisotopic (exact) mass is 500 g/mol. The fourth-order valence-corrected chi connectivity index (χ4v) is 4.72. The number of hydrogen-bond acceptors (Lipinski definition) is 4. The van der Waals surface area contributed by atoms with Crippen molar-refractivity contribution in [1.29, 1.82) is 0 Å². The van der Waals surface area contributed by atoms with Crippen molar-refractivity contribution in [3.8, 4) is 17.0 Å². The smallest absolute Gasteiger partial charge is 0.225 e. The number of benzene rings is 2. The minimum absolute atomic E-state index is 0.0474. The fourth-order valence-electron chi connectivity index (χ4n) is 4.72. The second kappa shape index (κ2) is 12.4. The zero-order chi connectivity index (χ0) is 26.2. The van der Waals surface area contributed by atoms with E-state index in [1.165, 1.54) is 0 Å². The predicted octanol–water partition coefficient (Wildman–Crippen LogP) is 6.20. The summed E-state index contributed by atoms with van der Waals surface area (Å²) in [4.78, 5) is 28.3. The van der Waals surface area contributed by atoms with Crippen LogP contribution in [0.25, 0.3) is 22.2 Å². The number of aromatic amines is 2. The number of carbonyl (C=O) groups excluding carboxylic acids is 2. The molecule has 3 N–H and O–H groups in total. The minimum Gasteiger partial charge on any atom is -0.497 e. The molecule has 0 radical (unpaired) electrons. The summed E-state index contributed by atoms with van der Waals surface area (Å²) in [5.41, 5.74) is 5.69. The van der Waals surface area contributed by atoms with Crippen molar-refractivity contribution in [3.05, 3.63) is 71.5 Å². The molecule has 2 heterocycles. The number of unbranched alkanes of at least 4 members (excludes halogenated alkanes) is 2. The van der Waals surface area contributed by atoms with Gasteiger partial charge in [-0.3, -0.25) is 14.7 Å². The molecular weight excluding hydrogens is 464 g/mol. The van der Waals surface area contributed by atoms with E-state index >= 15 is 0 Å². The van der Waals surface area contributed by atoms with Crippen LogP contribution < -0.4 is 10.1 Å². The number of rotatable bonds is 13. The summed E-state index contributed by atoms with van der Waals surface area (Å²) < 4.78 is 5.39. The summed E-state index contributed by atoms with van der Waals surface area (Å²) in [7, 11) is 1.64. The normalized spacial score (nSPS) is 12.0. The summed E-state index contributed by atoms with van der Waals surface area (Å²) in [5, 5.41) is 11.9. The van der Waals surface area contributed by atoms with Crippen LogP contribution in [0.15, 0.2) is 54.6 Å². The van der Waals surface area contributed by atoms with Crippen LogP contribution in [-0.4, -0.2) is 34.0 Å². The maximum Gasteiger partial charge on any atom is 0.225 e. The molecule has 7 nitrogen and oxygen atoms in total. The van der Waals surface area contributed by atoms with Crippen molar-refractivity contribution in [3.63, 3.8) is 0 Å². The number of nitrogens with one attached hydrogen (secondary N) is 3. The number of aryl methyl sites for hydroxylation is 1. The molecule has 4 rings (SSSR count). The van der Waals surface area contributed by atoms with Crippen molar-refractivity contribution < 1.29 is 14.3 Å². The Kier molecular flexibility index (Phi) is 8.77. The Hall–Kier alpha value is -3.87. The number of fused-ring (bicyclic) bond motifs is 1. The Morgan fingerprint density at radius 3 is 2.62 bits per heavy atom. The van der Waals surface area contributed by atoms with E-state index in [9.17, 15) is 9.59 Å². The van der Waals surface area contributed by atoms with Gasteiger partial charge >= 0.3 is 0 Å². The molecule has 194 valence electrons. The van der Waals surface area contributed by atoms with Gasteiger partial charge in [0.15, 0.2) is 0 Å². The number of aromatic nitrogens is 3. The Morgan fingerprint density at radius 2 is 1.86 bits per heavy atom. The molecule has 2 aromatic heterocycles. The highest BCUT2D eigenvalue weighted by Crippen LogP contribution is 2.28. The van der Waals surface area contributed by atoms with Crippen molar-refractivity contribution in [2.75, 3.05) is 7.11 Å². The Bertz CT molecular complexity index is 1340. The third-order valence-corrected chi connectivity index (χ3v) is 6.88. The Labute approximate surface area is 218 Å². The number of amides is 1. The van der Waals surface area contributed by atoms with E-state index in [2.05, 4.69) is 20.5 Å². The van der Waals surface area contributed by atoms with Crippen molar-refractivity contribution >= 4 is 22.6 Å². The van der Waals surface area contributed by atoms with Gasteiger partial charge in [-0.15, -0.1) is 0 Å². The van der Waals surface area contributed by atoms with Crippen LogP contribution >= 0.6 is 0 Å². The topological polar surface area (TPSA) is 99.9 Å². The van der Waals surface area contributed by atoms with E-state index in [0.717, 1.165) is 70.5 Å². The lowest BCUT2D eigenvalue weighted by atomic mass is 10.0. The first kappa shape index (κ1) is 26.2. The summed E-state index contributed by atoms with van der Waals surface area (Å²) in [5.74, 6) is 1.02. The quantitative estimate of drug-likeness (QED) is 0.190. The first-order valence-electron chi connectivity index (χ1n) is 13.1. The number of Topliss-reactive ketones (excluding diaryl/α,β-unsaturated/α-hetero) is 1. The average Bonchev–Trinajstić information content (AvgIpc) is 3.53. The zero-order valence-electron chi connectivity index (χ0n) is 21.9. The van der Waals surface area contributed by atoms with E-state index < -0.39 is 0 Å². The molecule has 4 aromatic rings. The summed E-state index contributed by atoms with van der Waals surface area (Å²) >= 11 is 0. The lowest BCUT2D eigenvalue weighted by molar-refractivity contribution is -0.121. The number of hydrogen-bond donors (Lipinski definition) is 3. The van der Waals surface area contributed by atoms with Gasteiger partial charge in [-0.25, -0.2) is 0 Å². The minimum atomic E-state index is -0.195. The number of H-pyrrole nitrogens is 2. The lowest BCUT2D eigenvalue weighted by Crippen LogP contribution is -2.30. The molecule has 7 heteroatoms. The molecule has 1 unspecified atom stereocenters. The molecule has 2 aromatic carbocycles. The van der Waals surface area contributed by atoms with Crippen LogP contribution in [0.3, 0.4) is 0 Å². The van der Waals surface area contributed by atoms with Gasteiger partial charge < -0.3 is 15.0 Å². The molecule has 0 spiro atoms. The SMILES string of the molecule is CCC(=O)CCCCCC(NC(=O)Cc1c(C)[nH]c2ccc(OC)cc12)c1cc(-c2ccccc2)n[nH]1. The molecule has 1 amide bonds. The molecule has 0 aliphatic carbocycles. The van der Waals surface area contributed by atoms with Crippen LogP contribution in [0.5, 0.6) is 5.75 Å². The fraction of sp³-hybridized carbons (Fsp3) is 0.367. The third kappa shape index (κ3) is 6.67. The van der Waals surface area contributed by atoms with Crippen LogP contribution in [0.1, 0.15) is 68.4 Å². The number of nitrogens with zero attached hydrogens (tertiary/aromatic N) is 1. The van der Waals surface area contributed by atoms with Crippen molar-refractivity contribution in [1.82, 2.24) is 20.5 Å². The lowest BCUT2D eigenvalue weighted by Gasteiger charge is -2.17. The first-order valence-corrected chi connectivity index (χ1v) is 13.1. The summed E-state index contributed by atoms with van der Waals surface area (Å²) in [6, 6.07) is 17.7. The van der Waals surface area contributed by atoms with Crippen LogP contribution in [-0.2, 0) is 16.0 Å². The van der Waals surface area contributed by atoms with Crippen LogP contribution in [0.4, 0.5) is 0 Å². The van der Waals surface area contributed by atoms with Gasteiger partial charge in [0, 0.05) is 35.0 Å². The number of ether oxygens (including phenoxy) is 1. The molecule has 0 fully saturated rings. The van der Waals surface area contributed by atoms with Gasteiger partial charge in [0.2, 0.25) is 5.91 Å². The largest absolute Gasteiger partial charge is 0.497 e. The Balaban J connectivity index is 1.48. The van der Waals surface area contributed by atoms with Gasteiger partial charge in [0.05, 0.1) is 31.0 Å². The standard InChI is InChI=1S/C30H36N4O3/c1-4-22(35)13-9-6-10-14-27(29-19-28(33-34-29)21-11-7-5-8-12-21)32-30(36)18-24-20(2)31-26-16-15-23(37-3)17-25(24)26/h5,7-8,11-12,15-17,19,27,31H,4,6,9-10,13-14,18H2,1-3H3,(H,32,36)(H,33,34). The summed E-state index contributed by atoms with van der Waals surface area (Å²) in [6.45, 7) is 3.90. The average molecular weight is 501 g/mol. The Morgan fingerprint density at radius 1 is 1.05 bits per heavy atom. The maximum absolute atomic E-state index is 13.3. The summed E-state index contributed by atoms with van der Waals surface area (Å²) in [6.07, 6.45) is 4.97. The molecule has 0 bridgehead atoms. The number of carbonyl (C=O) groups is 2. The van der Waals surface area contributed by atoms with Gasteiger partial charge in [-0.2, -0.15) is 5.10 Å². The number of methoxy groups -OCH3 is 1. The second-order valence-corrected chi connectivity index (χ2v) is 9.50. The van der Waals surface area contributed by atoms with Crippen LogP contribution in [0, 0.1) is 6.92 Å². The molecule has 0 saturated carbocycles. The predicted molar refractivity (Wildman–Crippen MR) is 147 cm³/mol. The van der Waals surface area contributed by atoms with Gasteiger partial charge in [-0.1, -0.05) is 50.1 Å². The highest BCUT2D eigenvalue weighted by Gasteiger charge is 2.20. The molecule has 1 atom stereocenters. The molecule has 0 saturated heterocycles. The molecule has 37 heavy (non-hydrogen) atoms. The zero-order valence-corrected chi connectivity index (χ0v) is 21.9. The van der Waals surface area contributed by atoms with Crippen molar-refractivity contribution in [2.24, 2.45) is 0 Å². The molecule has 0 aliphatic heterocycles. The van der Waals surface area contributed by atoms with E-state index in [1.54, 1.807) is 7.11 Å². The highest BCUT2D eigenvalue weighted by atomic mass is 16.5. The molecular formula is C30H36N4O3. The van der Waals surface area contributed by atoms with E-state index in [0.29, 0.717) is 18.6 Å². The molecule has 0 aliphatic rings. The third-order valence-electron chi connectivity index (χ3n) is 6.88. The van der Waals surface area contributed by atoms with E-state index in [-0.39, 0.29) is 18.4 Å². The second-order valence-electron chi connectivity index (χ2n) is 9.50. The van der Waals surface area contributed by atoms with Crippen LogP contribution in [0.2, 0.25) is 0 Å². The van der Waals surface area contributed by atoms with Gasteiger partial charge in [-0.05, 0) is 49.6 Å².